The summed E-state index contributed by atoms with van der Waals surface area (Å²) >= 11 is 0. The van der Waals surface area contributed by atoms with Crippen molar-refractivity contribution in [1.29, 1.82) is 0 Å². The highest BCUT2D eigenvalue weighted by Crippen LogP contribution is 2.36. The van der Waals surface area contributed by atoms with Crippen LogP contribution in [0.1, 0.15) is 36.0 Å². The Bertz CT molecular complexity index is 545. The summed E-state index contributed by atoms with van der Waals surface area (Å²) in [6, 6.07) is 17.7. The molecule has 1 heteroatoms. The predicted molar refractivity (Wildman–Crippen MR) is 77.2 cm³/mol. The van der Waals surface area contributed by atoms with Gasteiger partial charge in [0.2, 0.25) is 0 Å². The molecule has 92 valence electrons. The summed E-state index contributed by atoms with van der Waals surface area (Å²) in [4.78, 5) is 0. The number of benzene rings is 2. The third-order valence-electron chi connectivity index (χ3n) is 3.85. The van der Waals surface area contributed by atoms with Gasteiger partial charge in [-0.3, -0.25) is 0 Å². The van der Waals surface area contributed by atoms with Crippen molar-refractivity contribution in [2.45, 2.75) is 25.7 Å². The lowest BCUT2D eigenvalue weighted by atomic mass is 9.84. The number of nitrogens with one attached hydrogen (secondary N) is 1. The van der Waals surface area contributed by atoms with Gasteiger partial charge in [-0.05, 0) is 35.6 Å². The highest BCUT2D eigenvalue weighted by atomic mass is 14.9. The average molecular weight is 237 g/mol. The molecule has 18 heavy (non-hydrogen) atoms. The van der Waals surface area contributed by atoms with Crippen LogP contribution in [-0.2, 0) is 6.42 Å². The topological polar surface area (TPSA) is 12.0 Å². The van der Waals surface area contributed by atoms with E-state index in [1.807, 2.05) is 0 Å². The SMILES string of the molecule is CCc1cccc(C2CCNc3ccccc32)c1. The summed E-state index contributed by atoms with van der Waals surface area (Å²) in [6.07, 6.45) is 2.30. The number of para-hydroxylation sites is 1. The van der Waals surface area contributed by atoms with Gasteiger partial charge in [-0.25, -0.2) is 0 Å². The molecule has 1 N–H and O–H groups in total. The minimum absolute atomic E-state index is 0.550. The predicted octanol–water partition coefficient (Wildman–Crippen LogP) is 4.20. The zero-order valence-corrected chi connectivity index (χ0v) is 10.8. The van der Waals surface area contributed by atoms with E-state index >= 15 is 0 Å². The minimum atomic E-state index is 0.550. The van der Waals surface area contributed by atoms with Crippen LogP contribution in [0.4, 0.5) is 5.69 Å². The molecular weight excluding hydrogens is 218 g/mol. The van der Waals surface area contributed by atoms with Crippen LogP contribution < -0.4 is 5.32 Å². The summed E-state index contributed by atoms with van der Waals surface area (Å²) in [5, 5.41) is 3.49. The van der Waals surface area contributed by atoms with Crippen LogP contribution in [0.25, 0.3) is 0 Å². The van der Waals surface area contributed by atoms with Crippen molar-refractivity contribution >= 4 is 5.69 Å². The summed E-state index contributed by atoms with van der Waals surface area (Å²) in [7, 11) is 0. The van der Waals surface area contributed by atoms with Crippen molar-refractivity contribution in [3.8, 4) is 0 Å². The van der Waals surface area contributed by atoms with Crippen LogP contribution in [-0.4, -0.2) is 6.54 Å². The standard InChI is InChI=1S/C17H19N/c1-2-13-6-5-7-14(12-13)15-10-11-18-17-9-4-3-8-16(15)17/h3-9,12,15,18H,2,10-11H2,1H3. The molecule has 1 atom stereocenters. The summed E-state index contributed by atoms with van der Waals surface area (Å²) in [6.45, 7) is 3.29. The maximum Gasteiger partial charge on any atom is 0.0379 e. The van der Waals surface area contributed by atoms with Crippen molar-refractivity contribution in [3.63, 3.8) is 0 Å². The highest BCUT2D eigenvalue weighted by Gasteiger charge is 2.20. The van der Waals surface area contributed by atoms with E-state index in [9.17, 15) is 0 Å². The molecule has 0 radical (unpaired) electrons. The molecule has 0 spiro atoms. The van der Waals surface area contributed by atoms with E-state index in [2.05, 4.69) is 60.8 Å². The first kappa shape index (κ1) is 11.3. The maximum atomic E-state index is 3.49. The maximum absolute atomic E-state index is 3.49. The molecule has 1 unspecified atom stereocenters. The highest BCUT2D eigenvalue weighted by molar-refractivity contribution is 5.57. The molecule has 1 aliphatic rings. The third-order valence-corrected chi connectivity index (χ3v) is 3.85. The molecular formula is C17H19N. The number of rotatable bonds is 2. The van der Waals surface area contributed by atoms with Gasteiger partial charge in [0, 0.05) is 18.2 Å². The summed E-state index contributed by atoms with van der Waals surface area (Å²) in [5.74, 6) is 0.550. The average Bonchev–Trinajstić information content (AvgIpc) is 2.47. The number of hydrogen-bond donors (Lipinski definition) is 1. The molecule has 0 aliphatic carbocycles. The lowest BCUT2D eigenvalue weighted by molar-refractivity contribution is 0.719. The van der Waals surface area contributed by atoms with Crippen molar-refractivity contribution in [1.82, 2.24) is 0 Å². The van der Waals surface area contributed by atoms with Crippen LogP contribution in [0, 0.1) is 0 Å². The zero-order chi connectivity index (χ0) is 12.4. The fraction of sp³-hybridized carbons (Fsp3) is 0.294. The van der Waals surface area contributed by atoms with Crippen molar-refractivity contribution in [3.05, 3.63) is 65.2 Å². The van der Waals surface area contributed by atoms with E-state index < -0.39 is 0 Å². The Kier molecular flexibility index (Phi) is 3.06. The van der Waals surface area contributed by atoms with Crippen LogP contribution in [0.15, 0.2) is 48.5 Å². The van der Waals surface area contributed by atoms with Gasteiger partial charge < -0.3 is 5.32 Å². The normalized spacial score (nSPS) is 17.9. The Morgan fingerprint density at radius 1 is 1.11 bits per heavy atom. The molecule has 0 aromatic heterocycles. The van der Waals surface area contributed by atoms with Crippen molar-refractivity contribution < 1.29 is 0 Å². The molecule has 0 amide bonds. The molecule has 1 nitrogen and oxygen atoms in total. The third kappa shape index (κ3) is 2.01. The van der Waals surface area contributed by atoms with E-state index in [4.69, 9.17) is 0 Å². The molecule has 1 aliphatic heterocycles. The summed E-state index contributed by atoms with van der Waals surface area (Å²) in [5.41, 5.74) is 5.64. The van der Waals surface area contributed by atoms with Crippen molar-refractivity contribution in [2.24, 2.45) is 0 Å². The Labute approximate surface area is 109 Å². The first-order valence-electron chi connectivity index (χ1n) is 6.80. The van der Waals surface area contributed by atoms with Gasteiger partial charge >= 0.3 is 0 Å². The van der Waals surface area contributed by atoms with Crippen molar-refractivity contribution in [2.75, 3.05) is 11.9 Å². The lowest BCUT2D eigenvalue weighted by Gasteiger charge is -2.27. The van der Waals surface area contributed by atoms with E-state index in [1.165, 1.54) is 28.8 Å². The van der Waals surface area contributed by atoms with Gasteiger partial charge in [0.05, 0.1) is 0 Å². The van der Waals surface area contributed by atoms with Crippen LogP contribution in [0.2, 0.25) is 0 Å². The monoisotopic (exact) mass is 237 g/mol. The van der Waals surface area contributed by atoms with Gasteiger partial charge in [0.25, 0.3) is 0 Å². The van der Waals surface area contributed by atoms with Crippen LogP contribution >= 0.6 is 0 Å². The molecule has 2 aromatic carbocycles. The van der Waals surface area contributed by atoms with Gasteiger partial charge in [0.15, 0.2) is 0 Å². The second kappa shape index (κ2) is 4.85. The number of hydrogen-bond acceptors (Lipinski definition) is 1. The van der Waals surface area contributed by atoms with Crippen LogP contribution in [0.3, 0.4) is 0 Å². The van der Waals surface area contributed by atoms with E-state index in [-0.39, 0.29) is 0 Å². The Balaban J connectivity index is 2.02. The smallest absolute Gasteiger partial charge is 0.0379 e. The fourth-order valence-corrected chi connectivity index (χ4v) is 2.84. The van der Waals surface area contributed by atoms with E-state index in [0.717, 1.165) is 13.0 Å². The quantitative estimate of drug-likeness (QED) is 0.825. The van der Waals surface area contributed by atoms with Gasteiger partial charge in [0.1, 0.15) is 0 Å². The van der Waals surface area contributed by atoms with E-state index in [1.54, 1.807) is 0 Å². The van der Waals surface area contributed by atoms with Gasteiger partial charge in [-0.15, -0.1) is 0 Å². The first-order valence-corrected chi connectivity index (χ1v) is 6.80. The second-order valence-corrected chi connectivity index (χ2v) is 4.95. The number of anilines is 1. The molecule has 2 aromatic rings. The molecule has 1 heterocycles. The molecule has 0 saturated heterocycles. The lowest BCUT2D eigenvalue weighted by Crippen LogP contribution is -2.17. The largest absolute Gasteiger partial charge is 0.385 e. The van der Waals surface area contributed by atoms with E-state index in [0.29, 0.717) is 5.92 Å². The Morgan fingerprint density at radius 3 is 2.89 bits per heavy atom. The summed E-state index contributed by atoms with van der Waals surface area (Å²) < 4.78 is 0. The zero-order valence-electron chi connectivity index (χ0n) is 10.8. The number of fused-ring (bicyclic) bond motifs is 1. The molecule has 0 bridgehead atoms. The van der Waals surface area contributed by atoms with Gasteiger partial charge in [-0.1, -0.05) is 49.4 Å². The molecule has 0 saturated carbocycles. The first-order chi connectivity index (χ1) is 8.88. The minimum Gasteiger partial charge on any atom is -0.385 e. The second-order valence-electron chi connectivity index (χ2n) is 4.95. The molecule has 0 fully saturated rings. The van der Waals surface area contributed by atoms with Crippen LogP contribution in [0.5, 0.6) is 0 Å². The molecule has 3 rings (SSSR count). The fourth-order valence-electron chi connectivity index (χ4n) is 2.84. The number of aryl methyl sites for hydroxylation is 1. The van der Waals surface area contributed by atoms with Gasteiger partial charge in [-0.2, -0.15) is 0 Å². The Morgan fingerprint density at radius 2 is 2.00 bits per heavy atom. The Hall–Kier alpha value is -1.76.